The maximum absolute atomic E-state index is 11.9. The van der Waals surface area contributed by atoms with Gasteiger partial charge in [0, 0.05) is 13.6 Å². The van der Waals surface area contributed by atoms with E-state index < -0.39 is 0 Å². The molecule has 19 heavy (non-hydrogen) atoms. The zero-order valence-electron chi connectivity index (χ0n) is 11.2. The van der Waals surface area contributed by atoms with Crippen LogP contribution in [0.1, 0.15) is 24.3 Å². The van der Waals surface area contributed by atoms with Crippen molar-refractivity contribution in [1.82, 2.24) is 20.2 Å². The van der Waals surface area contributed by atoms with Crippen molar-refractivity contribution < 1.29 is 9.59 Å². The number of amides is 2. The van der Waals surface area contributed by atoms with Gasteiger partial charge in [-0.3, -0.25) is 9.59 Å². The molecule has 104 valence electrons. The molecule has 1 aromatic rings. The lowest BCUT2D eigenvalue weighted by molar-refractivity contribution is -0.121. The van der Waals surface area contributed by atoms with Crippen molar-refractivity contribution in [3.8, 4) is 0 Å². The lowest BCUT2D eigenvalue weighted by Crippen LogP contribution is -2.39. The van der Waals surface area contributed by atoms with Gasteiger partial charge < -0.3 is 10.2 Å². The molecule has 0 atom stereocenters. The smallest absolute Gasteiger partial charge is 0.274 e. The Labute approximate surface area is 117 Å². The third-order valence-electron chi connectivity index (χ3n) is 2.27. The topological polar surface area (TPSA) is 75.2 Å². The Bertz CT molecular complexity index is 448. The van der Waals surface area contributed by atoms with E-state index in [2.05, 4.69) is 15.3 Å². The fourth-order valence-electron chi connectivity index (χ4n) is 1.28. The molecule has 2 amide bonds. The van der Waals surface area contributed by atoms with Crippen LogP contribution in [0.25, 0.3) is 0 Å². The standard InChI is InChI=1S/C12H17ClN4O2/c1-8(2)4-16-11(18)7-17(3)12(19)9-5-15-10(13)6-14-9/h5-6,8H,4,7H2,1-3H3,(H,16,18). The molecule has 0 spiro atoms. The summed E-state index contributed by atoms with van der Waals surface area (Å²) in [6, 6.07) is 0. The Morgan fingerprint density at radius 1 is 1.37 bits per heavy atom. The SMILES string of the molecule is CC(C)CNC(=O)CN(C)C(=O)c1cnc(Cl)cn1. The van der Waals surface area contributed by atoms with Gasteiger partial charge in [0.2, 0.25) is 5.91 Å². The summed E-state index contributed by atoms with van der Waals surface area (Å²) in [5.74, 6) is -0.206. The van der Waals surface area contributed by atoms with Gasteiger partial charge in [-0.1, -0.05) is 25.4 Å². The molecule has 0 saturated heterocycles. The maximum Gasteiger partial charge on any atom is 0.274 e. The van der Waals surface area contributed by atoms with E-state index in [1.807, 2.05) is 13.8 Å². The summed E-state index contributed by atoms with van der Waals surface area (Å²) in [5.41, 5.74) is 0.156. The highest BCUT2D eigenvalue weighted by atomic mass is 35.5. The first-order chi connectivity index (χ1) is 8.90. The molecule has 0 aliphatic carbocycles. The highest BCUT2D eigenvalue weighted by Gasteiger charge is 2.16. The van der Waals surface area contributed by atoms with Crippen LogP contribution in [-0.2, 0) is 4.79 Å². The number of hydrogen-bond acceptors (Lipinski definition) is 4. The quantitative estimate of drug-likeness (QED) is 0.874. The molecule has 0 aliphatic heterocycles. The highest BCUT2D eigenvalue weighted by Crippen LogP contribution is 2.03. The molecule has 1 heterocycles. The van der Waals surface area contributed by atoms with Crippen molar-refractivity contribution in [1.29, 1.82) is 0 Å². The summed E-state index contributed by atoms with van der Waals surface area (Å²) >= 11 is 5.59. The van der Waals surface area contributed by atoms with Crippen molar-refractivity contribution in [3.63, 3.8) is 0 Å². The van der Waals surface area contributed by atoms with Crippen LogP contribution in [0, 0.1) is 5.92 Å². The van der Waals surface area contributed by atoms with Gasteiger partial charge >= 0.3 is 0 Å². The van der Waals surface area contributed by atoms with Crippen LogP contribution < -0.4 is 5.32 Å². The van der Waals surface area contributed by atoms with Gasteiger partial charge in [0.25, 0.3) is 5.91 Å². The number of likely N-dealkylation sites (N-methyl/N-ethyl adjacent to an activating group) is 1. The van der Waals surface area contributed by atoms with E-state index in [0.717, 1.165) is 0 Å². The molecule has 0 aliphatic rings. The summed E-state index contributed by atoms with van der Waals surface area (Å²) in [7, 11) is 1.54. The van der Waals surface area contributed by atoms with E-state index in [1.54, 1.807) is 0 Å². The molecular formula is C12H17ClN4O2. The minimum Gasteiger partial charge on any atom is -0.354 e. The zero-order valence-corrected chi connectivity index (χ0v) is 11.9. The summed E-state index contributed by atoms with van der Waals surface area (Å²) < 4.78 is 0. The van der Waals surface area contributed by atoms with Gasteiger partial charge in [-0.15, -0.1) is 0 Å². The monoisotopic (exact) mass is 284 g/mol. The van der Waals surface area contributed by atoms with Crippen molar-refractivity contribution in [2.75, 3.05) is 20.1 Å². The number of nitrogens with one attached hydrogen (secondary N) is 1. The second-order valence-corrected chi connectivity index (χ2v) is 4.97. The number of carbonyl (C=O) groups is 2. The van der Waals surface area contributed by atoms with Crippen LogP contribution in [-0.4, -0.2) is 46.8 Å². The molecule has 0 fully saturated rings. The van der Waals surface area contributed by atoms with Gasteiger partial charge in [0.1, 0.15) is 10.8 Å². The van der Waals surface area contributed by atoms with Crippen LogP contribution in [0.5, 0.6) is 0 Å². The van der Waals surface area contributed by atoms with Crippen molar-refractivity contribution in [2.45, 2.75) is 13.8 Å². The van der Waals surface area contributed by atoms with Crippen LogP contribution in [0.15, 0.2) is 12.4 Å². The van der Waals surface area contributed by atoms with E-state index in [0.29, 0.717) is 12.5 Å². The number of nitrogens with zero attached hydrogens (tertiary/aromatic N) is 3. The fraction of sp³-hybridized carbons (Fsp3) is 0.500. The van der Waals surface area contributed by atoms with E-state index in [9.17, 15) is 9.59 Å². The number of aromatic nitrogens is 2. The van der Waals surface area contributed by atoms with E-state index in [1.165, 1.54) is 24.3 Å². The maximum atomic E-state index is 11.9. The van der Waals surface area contributed by atoms with Crippen molar-refractivity contribution in [3.05, 3.63) is 23.2 Å². The minimum absolute atomic E-state index is 0.0180. The molecule has 0 unspecified atom stereocenters. The van der Waals surface area contributed by atoms with Crippen LogP contribution in [0.2, 0.25) is 5.15 Å². The molecule has 0 aromatic carbocycles. The molecule has 0 saturated carbocycles. The zero-order chi connectivity index (χ0) is 14.4. The average Bonchev–Trinajstić information content (AvgIpc) is 2.36. The summed E-state index contributed by atoms with van der Waals surface area (Å²) in [5, 5.41) is 2.96. The summed E-state index contributed by atoms with van der Waals surface area (Å²) in [6.45, 7) is 4.56. The van der Waals surface area contributed by atoms with Crippen LogP contribution >= 0.6 is 11.6 Å². The Kier molecular flexibility index (Phi) is 5.69. The van der Waals surface area contributed by atoms with Crippen molar-refractivity contribution in [2.24, 2.45) is 5.92 Å². The fourth-order valence-corrected chi connectivity index (χ4v) is 1.38. The minimum atomic E-state index is -0.371. The van der Waals surface area contributed by atoms with Gasteiger partial charge in [0.15, 0.2) is 0 Å². The number of carbonyl (C=O) groups excluding carboxylic acids is 2. The molecule has 7 heteroatoms. The third kappa shape index (κ3) is 5.21. The van der Waals surface area contributed by atoms with Gasteiger partial charge in [-0.05, 0) is 5.92 Å². The second kappa shape index (κ2) is 7.04. The summed E-state index contributed by atoms with van der Waals surface area (Å²) in [6.07, 6.45) is 2.58. The largest absolute Gasteiger partial charge is 0.354 e. The molecule has 1 rings (SSSR count). The predicted octanol–water partition coefficient (Wildman–Crippen LogP) is 0.974. The lowest BCUT2D eigenvalue weighted by atomic mass is 10.2. The normalized spacial score (nSPS) is 10.4. The number of hydrogen-bond donors (Lipinski definition) is 1. The third-order valence-corrected chi connectivity index (χ3v) is 2.47. The molecule has 0 radical (unpaired) electrons. The molecule has 1 N–H and O–H groups in total. The molecule has 0 bridgehead atoms. The van der Waals surface area contributed by atoms with Crippen LogP contribution in [0.4, 0.5) is 0 Å². The predicted molar refractivity (Wildman–Crippen MR) is 71.9 cm³/mol. The first-order valence-electron chi connectivity index (χ1n) is 5.90. The van der Waals surface area contributed by atoms with Gasteiger partial charge in [-0.2, -0.15) is 0 Å². The Balaban J connectivity index is 2.53. The van der Waals surface area contributed by atoms with E-state index in [4.69, 9.17) is 11.6 Å². The Morgan fingerprint density at radius 2 is 2.05 bits per heavy atom. The van der Waals surface area contributed by atoms with E-state index >= 15 is 0 Å². The van der Waals surface area contributed by atoms with Gasteiger partial charge in [0.05, 0.1) is 18.9 Å². The first-order valence-corrected chi connectivity index (χ1v) is 6.27. The second-order valence-electron chi connectivity index (χ2n) is 4.58. The molecule has 1 aromatic heterocycles. The average molecular weight is 285 g/mol. The number of rotatable bonds is 5. The Hall–Kier alpha value is -1.69. The summed E-state index contributed by atoms with van der Waals surface area (Å²) in [4.78, 5) is 32.4. The van der Waals surface area contributed by atoms with E-state index in [-0.39, 0.29) is 29.2 Å². The Morgan fingerprint density at radius 3 is 2.58 bits per heavy atom. The van der Waals surface area contributed by atoms with Crippen LogP contribution in [0.3, 0.4) is 0 Å². The molecular weight excluding hydrogens is 268 g/mol. The number of halogens is 1. The van der Waals surface area contributed by atoms with Gasteiger partial charge in [-0.25, -0.2) is 9.97 Å². The molecule has 6 nitrogen and oxygen atoms in total. The first kappa shape index (κ1) is 15.4. The van der Waals surface area contributed by atoms with Crippen molar-refractivity contribution >= 4 is 23.4 Å². The lowest BCUT2D eigenvalue weighted by Gasteiger charge is -2.16. The highest BCUT2D eigenvalue weighted by molar-refractivity contribution is 6.29.